The van der Waals surface area contributed by atoms with Gasteiger partial charge in [0.05, 0.1) is 5.69 Å². The van der Waals surface area contributed by atoms with Crippen molar-refractivity contribution in [3.63, 3.8) is 0 Å². The van der Waals surface area contributed by atoms with Crippen LogP contribution in [0.2, 0.25) is 5.02 Å². The molecule has 0 saturated carbocycles. The quantitative estimate of drug-likeness (QED) is 0.630. The Morgan fingerprint density at radius 2 is 1.62 bits per heavy atom. The summed E-state index contributed by atoms with van der Waals surface area (Å²) in [5, 5.41) is 3.61. The second-order valence-electron chi connectivity index (χ2n) is 6.85. The smallest absolute Gasteiger partial charge is 0.211 e. The summed E-state index contributed by atoms with van der Waals surface area (Å²) < 4.78 is 1.05. The highest BCUT2D eigenvalue weighted by atomic mass is 35.5. The van der Waals surface area contributed by atoms with Gasteiger partial charge in [-0.2, -0.15) is 0 Å². The standard InChI is InChI=1S/C21H21ClN2OS/c1-14-3-6-20-17(11-14)21(25)19(13-26-20)24-9-7-23(8-10-24)18-12-16(22)5-4-15(18)2/h3-6,11-13H,7-10H2,1-2H3. The van der Waals surface area contributed by atoms with E-state index in [0.29, 0.717) is 0 Å². The van der Waals surface area contributed by atoms with Crippen molar-refractivity contribution in [3.05, 3.63) is 68.2 Å². The van der Waals surface area contributed by atoms with Crippen molar-refractivity contribution in [2.45, 2.75) is 13.8 Å². The molecule has 2 heterocycles. The minimum atomic E-state index is 0.148. The van der Waals surface area contributed by atoms with Gasteiger partial charge in [-0.3, -0.25) is 4.79 Å². The molecule has 0 radical (unpaired) electrons. The number of aryl methyl sites for hydroxylation is 2. The van der Waals surface area contributed by atoms with Gasteiger partial charge in [0.15, 0.2) is 0 Å². The van der Waals surface area contributed by atoms with Crippen molar-refractivity contribution in [2.24, 2.45) is 0 Å². The topological polar surface area (TPSA) is 23.6 Å². The summed E-state index contributed by atoms with van der Waals surface area (Å²) in [5.41, 5.74) is 4.53. The van der Waals surface area contributed by atoms with Crippen molar-refractivity contribution in [1.29, 1.82) is 0 Å². The third-order valence-electron chi connectivity index (χ3n) is 5.04. The molecule has 26 heavy (non-hydrogen) atoms. The maximum absolute atomic E-state index is 13.0. The fraction of sp³-hybridized carbons (Fsp3) is 0.286. The summed E-state index contributed by atoms with van der Waals surface area (Å²) in [6.45, 7) is 7.59. The van der Waals surface area contributed by atoms with Crippen LogP contribution >= 0.6 is 22.9 Å². The highest BCUT2D eigenvalue weighted by Gasteiger charge is 2.21. The van der Waals surface area contributed by atoms with E-state index in [-0.39, 0.29) is 5.43 Å². The Hall–Kier alpha value is -2.04. The first-order valence-electron chi connectivity index (χ1n) is 8.81. The second kappa shape index (κ2) is 6.93. The van der Waals surface area contributed by atoms with E-state index in [9.17, 15) is 4.79 Å². The zero-order valence-corrected chi connectivity index (χ0v) is 16.5. The second-order valence-corrected chi connectivity index (χ2v) is 8.20. The third-order valence-corrected chi connectivity index (χ3v) is 6.23. The molecule has 1 aliphatic heterocycles. The minimum absolute atomic E-state index is 0.148. The molecule has 2 aromatic carbocycles. The van der Waals surface area contributed by atoms with Crippen LogP contribution in [-0.4, -0.2) is 26.2 Å². The highest BCUT2D eigenvalue weighted by Crippen LogP contribution is 2.27. The maximum Gasteiger partial charge on any atom is 0.211 e. The van der Waals surface area contributed by atoms with Gasteiger partial charge in [0.1, 0.15) is 0 Å². The molecule has 0 aliphatic carbocycles. The SMILES string of the molecule is Cc1ccc2scc(N3CCN(c4cc(Cl)ccc4C)CC3)c(=O)c2c1. The Labute approximate surface area is 162 Å². The van der Waals surface area contributed by atoms with Crippen molar-refractivity contribution < 1.29 is 0 Å². The van der Waals surface area contributed by atoms with Gasteiger partial charge in [-0.1, -0.05) is 29.3 Å². The Morgan fingerprint density at radius 1 is 0.923 bits per heavy atom. The highest BCUT2D eigenvalue weighted by molar-refractivity contribution is 7.16. The summed E-state index contributed by atoms with van der Waals surface area (Å²) in [5.74, 6) is 0. The zero-order valence-electron chi connectivity index (χ0n) is 15.0. The first-order chi connectivity index (χ1) is 12.5. The normalized spacial score (nSPS) is 14.9. The third kappa shape index (κ3) is 3.19. The molecular formula is C21H21ClN2OS. The van der Waals surface area contributed by atoms with Gasteiger partial charge in [-0.15, -0.1) is 11.3 Å². The van der Waals surface area contributed by atoms with Crippen LogP contribution in [0.1, 0.15) is 11.1 Å². The number of anilines is 2. The zero-order chi connectivity index (χ0) is 18.3. The average molecular weight is 385 g/mol. The van der Waals surface area contributed by atoms with Gasteiger partial charge in [-0.05, 0) is 43.7 Å². The van der Waals surface area contributed by atoms with E-state index < -0.39 is 0 Å². The van der Waals surface area contributed by atoms with E-state index in [0.717, 1.165) is 52.5 Å². The molecule has 1 saturated heterocycles. The lowest BCUT2D eigenvalue weighted by molar-refractivity contribution is 0.652. The predicted molar refractivity (Wildman–Crippen MR) is 113 cm³/mol. The van der Waals surface area contributed by atoms with Gasteiger partial charge < -0.3 is 9.80 Å². The number of hydrogen-bond acceptors (Lipinski definition) is 4. The lowest BCUT2D eigenvalue weighted by Gasteiger charge is -2.37. The Balaban J connectivity index is 1.58. The van der Waals surface area contributed by atoms with E-state index in [4.69, 9.17) is 11.6 Å². The van der Waals surface area contributed by atoms with Crippen LogP contribution in [0.3, 0.4) is 0 Å². The molecular weight excluding hydrogens is 364 g/mol. The lowest BCUT2D eigenvalue weighted by Crippen LogP contribution is -2.48. The molecule has 0 bridgehead atoms. The summed E-state index contributed by atoms with van der Waals surface area (Å²) in [7, 11) is 0. The number of rotatable bonds is 2. The van der Waals surface area contributed by atoms with Crippen LogP contribution in [0, 0.1) is 13.8 Å². The predicted octanol–water partition coefficient (Wildman–Crippen LogP) is 4.86. The first-order valence-corrected chi connectivity index (χ1v) is 10.1. The van der Waals surface area contributed by atoms with Crippen molar-refractivity contribution in [2.75, 3.05) is 36.0 Å². The van der Waals surface area contributed by atoms with Crippen molar-refractivity contribution >= 4 is 44.4 Å². The van der Waals surface area contributed by atoms with Crippen LogP contribution in [0.15, 0.2) is 46.6 Å². The van der Waals surface area contributed by atoms with Crippen LogP contribution < -0.4 is 15.2 Å². The molecule has 4 rings (SSSR count). The van der Waals surface area contributed by atoms with E-state index in [2.05, 4.69) is 28.9 Å². The molecule has 0 spiro atoms. The number of nitrogens with zero attached hydrogens (tertiary/aromatic N) is 2. The lowest BCUT2D eigenvalue weighted by atomic mass is 10.1. The molecule has 3 aromatic rings. The summed E-state index contributed by atoms with van der Waals surface area (Å²) in [4.78, 5) is 17.5. The van der Waals surface area contributed by atoms with Crippen molar-refractivity contribution in [3.8, 4) is 0 Å². The molecule has 0 N–H and O–H groups in total. The summed E-state index contributed by atoms with van der Waals surface area (Å²) in [6, 6.07) is 12.1. The Morgan fingerprint density at radius 3 is 2.35 bits per heavy atom. The Bertz CT molecular complexity index is 1020. The first kappa shape index (κ1) is 17.4. The average Bonchev–Trinajstić information content (AvgIpc) is 2.65. The number of benzene rings is 2. The monoisotopic (exact) mass is 384 g/mol. The van der Waals surface area contributed by atoms with Crippen LogP contribution in [0.4, 0.5) is 11.4 Å². The number of hydrogen-bond donors (Lipinski definition) is 0. The van der Waals surface area contributed by atoms with Gasteiger partial charge in [0.2, 0.25) is 5.43 Å². The number of halogens is 1. The molecule has 134 valence electrons. The molecule has 0 amide bonds. The molecule has 5 heteroatoms. The van der Waals surface area contributed by atoms with Gasteiger partial charge in [0, 0.05) is 52.4 Å². The number of piperazine rings is 1. The van der Waals surface area contributed by atoms with Gasteiger partial charge in [-0.25, -0.2) is 0 Å². The molecule has 1 aliphatic rings. The molecule has 1 fully saturated rings. The van der Waals surface area contributed by atoms with E-state index in [1.54, 1.807) is 11.3 Å². The number of fused-ring (bicyclic) bond motifs is 1. The fourth-order valence-electron chi connectivity index (χ4n) is 3.56. The van der Waals surface area contributed by atoms with Crippen LogP contribution in [0.5, 0.6) is 0 Å². The molecule has 3 nitrogen and oxygen atoms in total. The van der Waals surface area contributed by atoms with Crippen LogP contribution in [0.25, 0.3) is 10.1 Å². The van der Waals surface area contributed by atoms with Crippen LogP contribution in [-0.2, 0) is 0 Å². The van der Waals surface area contributed by atoms with E-state index in [1.807, 2.05) is 36.6 Å². The molecule has 1 aromatic heterocycles. The summed E-state index contributed by atoms with van der Waals surface area (Å²) in [6.07, 6.45) is 0. The Kier molecular flexibility index (Phi) is 4.63. The maximum atomic E-state index is 13.0. The molecule has 0 atom stereocenters. The minimum Gasteiger partial charge on any atom is -0.368 e. The fourth-order valence-corrected chi connectivity index (χ4v) is 4.65. The van der Waals surface area contributed by atoms with Gasteiger partial charge >= 0.3 is 0 Å². The van der Waals surface area contributed by atoms with Crippen molar-refractivity contribution in [1.82, 2.24) is 0 Å². The van der Waals surface area contributed by atoms with E-state index >= 15 is 0 Å². The molecule has 0 unspecified atom stereocenters. The largest absolute Gasteiger partial charge is 0.368 e. The van der Waals surface area contributed by atoms with Gasteiger partial charge in [0.25, 0.3) is 0 Å². The summed E-state index contributed by atoms with van der Waals surface area (Å²) >= 11 is 7.82. The van der Waals surface area contributed by atoms with E-state index in [1.165, 1.54) is 11.3 Å².